The molecule has 2 rings (SSSR count). The lowest BCUT2D eigenvalue weighted by atomic mass is 10.1. The molecular formula is C21H27ClN2O3S. The molecule has 5 nitrogen and oxygen atoms in total. The van der Waals surface area contributed by atoms with Crippen LogP contribution in [0, 0.1) is 13.8 Å². The highest BCUT2D eigenvalue weighted by molar-refractivity contribution is 7.92. The molecule has 0 saturated carbocycles. The molecule has 0 saturated heterocycles. The molecule has 2 aromatic carbocycles. The van der Waals surface area contributed by atoms with Gasteiger partial charge in [0.1, 0.15) is 6.04 Å². The van der Waals surface area contributed by atoms with E-state index >= 15 is 0 Å². The first kappa shape index (κ1) is 22.2. The maximum Gasteiger partial charge on any atom is 0.243 e. The Morgan fingerprint density at radius 2 is 1.75 bits per heavy atom. The van der Waals surface area contributed by atoms with Gasteiger partial charge in [-0.1, -0.05) is 29.8 Å². The minimum absolute atomic E-state index is 0.320. The second-order valence-corrected chi connectivity index (χ2v) is 9.32. The normalized spacial score (nSPS) is 12.5. The van der Waals surface area contributed by atoms with Crippen molar-refractivity contribution in [3.63, 3.8) is 0 Å². The molecule has 0 aliphatic heterocycles. The van der Waals surface area contributed by atoms with Crippen LogP contribution in [0.25, 0.3) is 0 Å². The second-order valence-electron chi connectivity index (χ2n) is 7.02. The number of benzene rings is 2. The van der Waals surface area contributed by atoms with E-state index in [-0.39, 0.29) is 5.91 Å². The fourth-order valence-electron chi connectivity index (χ4n) is 2.97. The van der Waals surface area contributed by atoms with Crippen LogP contribution in [0.3, 0.4) is 0 Å². The van der Waals surface area contributed by atoms with Gasteiger partial charge in [0.25, 0.3) is 0 Å². The van der Waals surface area contributed by atoms with Crippen LogP contribution in [0.4, 0.5) is 5.69 Å². The Hall–Kier alpha value is -2.05. The Morgan fingerprint density at radius 1 is 1.11 bits per heavy atom. The highest BCUT2D eigenvalue weighted by Gasteiger charge is 2.29. The molecular weight excluding hydrogens is 396 g/mol. The molecule has 1 amide bonds. The predicted octanol–water partition coefficient (Wildman–Crippen LogP) is 3.86. The summed E-state index contributed by atoms with van der Waals surface area (Å²) < 4.78 is 25.9. The maximum absolute atomic E-state index is 12.6. The molecule has 28 heavy (non-hydrogen) atoms. The number of rotatable bonds is 8. The van der Waals surface area contributed by atoms with Gasteiger partial charge in [-0.3, -0.25) is 9.10 Å². The van der Waals surface area contributed by atoms with Gasteiger partial charge in [-0.2, -0.15) is 0 Å². The van der Waals surface area contributed by atoms with Crippen LogP contribution in [-0.2, 0) is 21.2 Å². The van der Waals surface area contributed by atoms with Gasteiger partial charge in [0.2, 0.25) is 15.9 Å². The number of nitrogens with one attached hydrogen (secondary N) is 1. The van der Waals surface area contributed by atoms with E-state index in [4.69, 9.17) is 11.6 Å². The lowest BCUT2D eigenvalue weighted by Gasteiger charge is -2.28. The number of halogens is 1. The molecule has 1 unspecified atom stereocenters. The fraction of sp³-hybridized carbons (Fsp3) is 0.381. The zero-order chi connectivity index (χ0) is 20.9. The number of amides is 1. The molecule has 0 radical (unpaired) electrons. The Morgan fingerprint density at radius 3 is 2.32 bits per heavy atom. The van der Waals surface area contributed by atoms with E-state index in [0.717, 1.165) is 35.8 Å². The van der Waals surface area contributed by atoms with Crippen LogP contribution >= 0.6 is 11.6 Å². The number of anilines is 1. The summed E-state index contributed by atoms with van der Waals surface area (Å²) in [4.78, 5) is 12.6. The predicted molar refractivity (Wildman–Crippen MR) is 115 cm³/mol. The molecule has 0 spiro atoms. The average molecular weight is 423 g/mol. The van der Waals surface area contributed by atoms with Crippen molar-refractivity contribution in [2.45, 2.75) is 39.7 Å². The summed E-state index contributed by atoms with van der Waals surface area (Å²) in [6.45, 7) is 5.95. The van der Waals surface area contributed by atoms with Gasteiger partial charge in [-0.05, 0) is 74.6 Å². The first-order valence-electron chi connectivity index (χ1n) is 9.18. The van der Waals surface area contributed by atoms with Crippen LogP contribution < -0.4 is 9.62 Å². The van der Waals surface area contributed by atoms with Gasteiger partial charge in [0.05, 0.1) is 11.9 Å². The quantitative estimate of drug-likeness (QED) is 0.657. The molecule has 152 valence electrons. The summed E-state index contributed by atoms with van der Waals surface area (Å²) in [5.41, 5.74) is 3.67. The third-order valence-corrected chi connectivity index (χ3v) is 6.18. The summed E-state index contributed by atoms with van der Waals surface area (Å²) in [6, 6.07) is 12.1. The highest BCUT2D eigenvalue weighted by Crippen LogP contribution is 2.23. The first-order valence-corrected chi connectivity index (χ1v) is 11.4. The number of carbonyl (C=O) groups excluding carboxylic acids is 1. The number of aryl methyl sites for hydroxylation is 3. The topological polar surface area (TPSA) is 66.5 Å². The zero-order valence-electron chi connectivity index (χ0n) is 16.7. The summed E-state index contributed by atoms with van der Waals surface area (Å²) in [7, 11) is -3.61. The fourth-order valence-corrected chi connectivity index (χ4v) is 4.27. The van der Waals surface area contributed by atoms with E-state index in [9.17, 15) is 13.2 Å². The zero-order valence-corrected chi connectivity index (χ0v) is 18.3. The minimum atomic E-state index is -3.61. The molecule has 0 heterocycles. The van der Waals surface area contributed by atoms with Crippen molar-refractivity contribution in [1.29, 1.82) is 0 Å². The van der Waals surface area contributed by atoms with Gasteiger partial charge in [-0.25, -0.2) is 8.42 Å². The van der Waals surface area contributed by atoms with Gasteiger partial charge < -0.3 is 5.32 Å². The van der Waals surface area contributed by atoms with Crippen molar-refractivity contribution in [3.05, 3.63) is 64.2 Å². The van der Waals surface area contributed by atoms with E-state index in [1.807, 2.05) is 44.2 Å². The highest BCUT2D eigenvalue weighted by atomic mass is 35.5. The van der Waals surface area contributed by atoms with E-state index in [2.05, 4.69) is 5.32 Å². The number of hydrogen-bond acceptors (Lipinski definition) is 3. The first-order chi connectivity index (χ1) is 13.1. The molecule has 1 N–H and O–H groups in total. The van der Waals surface area contributed by atoms with Crippen LogP contribution in [0.5, 0.6) is 0 Å². The van der Waals surface area contributed by atoms with E-state index in [0.29, 0.717) is 17.3 Å². The molecule has 0 aliphatic rings. The maximum atomic E-state index is 12.6. The number of hydrogen-bond donors (Lipinski definition) is 1. The number of sulfonamides is 1. The molecule has 0 aliphatic carbocycles. The molecule has 7 heteroatoms. The smallest absolute Gasteiger partial charge is 0.243 e. The Bertz CT molecular complexity index is 927. The van der Waals surface area contributed by atoms with Gasteiger partial charge >= 0.3 is 0 Å². The second kappa shape index (κ2) is 9.43. The molecule has 2 aromatic rings. The summed E-state index contributed by atoms with van der Waals surface area (Å²) in [6.07, 6.45) is 2.67. The summed E-state index contributed by atoms with van der Waals surface area (Å²) in [5.74, 6) is -0.320. The lowest BCUT2D eigenvalue weighted by Crippen LogP contribution is -2.48. The van der Waals surface area contributed by atoms with Crippen molar-refractivity contribution in [3.8, 4) is 0 Å². The van der Waals surface area contributed by atoms with Gasteiger partial charge in [0.15, 0.2) is 0 Å². The Balaban J connectivity index is 2.01. The van der Waals surface area contributed by atoms with E-state index in [1.54, 1.807) is 19.1 Å². The third-order valence-electron chi connectivity index (χ3n) is 4.69. The van der Waals surface area contributed by atoms with Crippen LogP contribution in [0.1, 0.15) is 30.0 Å². The third kappa shape index (κ3) is 5.97. The van der Waals surface area contributed by atoms with Gasteiger partial charge in [0, 0.05) is 11.6 Å². The Labute approximate surface area is 172 Å². The largest absolute Gasteiger partial charge is 0.354 e. The molecule has 0 fully saturated rings. The monoisotopic (exact) mass is 422 g/mol. The average Bonchev–Trinajstić information content (AvgIpc) is 2.62. The van der Waals surface area contributed by atoms with Gasteiger partial charge in [-0.15, -0.1) is 0 Å². The van der Waals surface area contributed by atoms with Crippen LogP contribution in [0.15, 0.2) is 42.5 Å². The summed E-state index contributed by atoms with van der Waals surface area (Å²) in [5, 5.41) is 3.53. The molecule has 1 atom stereocenters. The number of carbonyl (C=O) groups is 1. The van der Waals surface area contributed by atoms with Crippen LogP contribution in [-0.4, -0.2) is 33.2 Å². The van der Waals surface area contributed by atoms with E-state index < -0.39 is 16.1 Å². The molecule has 0 aromatic heterocycles. The summed E-state index contributed by atoms with van der Waals surface area (Å²) >= 11 is 5.87. The minimum Gasteiger partial charge on any atom is -0.354 e. The number of nitrogens with zero attached hydrogens (tertiary/aromatic N) is 1. The Kier molecular flexibility index (Phi) is 7.49. The van der Waals surface area contributed by atoms with Crippen molar-refractivity contribution in [1.82, 2.24) is 5.32 Å². The van der Waals surface area contributed by atoms with Crippen molar-refractivity contribution in [2.24, 2.45) is 0 Å². The van der Waals surface area contributed by atoms with Crippen molar-refractivity contribution >= 4 is 33.2 Å². The van der Waals surface area contributed by atoms with E-state index in [1.165, 1.54) is 4.31 Å². The van der Waals surface area contributed by atoms with Crippen LogP contribution in [0.2, 0.25) is 5.02 Å². The lowest BCUT2D eigenvalue weighted by molar-refractivity contribution is -0.121. The SMILES string of the molecule is Cc1ccc(N(C(C)C(=O)NCCCc2ccc(Cl)cc2)S(C)(=O)=O)cc1C. The molecule has 0 bridgehead atoms. The van der Waals surface area contributed by atoms with Crippen molar-refractivity contribution < 1.29 is 13.2 Å². The van der Waals surface area contributed by atoms with Crippen molar-refractivity contribution in [2.75, 3.05) is 17.1 Å². The standard InChI is InChI=1S/C21H27ClN2O3S/c1-15-7-12-20(14-16(15)2)24(28(4,26)27)17(3)21(25)23-13-5-6-18-8-10-19(22)11-9-18/h7-12,14,17H,5-6,13H2,1-4H3,(H,23,25).